The predicted octanol–water partition coefficient (Wildman–Crippen LogP) is 0.638. The molecule has 0 saturated carbocycles. The van der Waals surface area contributed by atoms with Crippen molar-refractivity contribution in [2.45, 2.75) is 0 Å². The summed E-state index contributed by atoms with van der Waals surface area (Å²) < 4.78 is 0.564. The van der Waals surface area contributed by atoms with Gasteiger partial charge >= 0.3 is 0 Å². The largest absolute Gasteiger partial charge is 0.366 e. The summed E-state index contributed by atoms with van der Waals surface area (Å²) in [6.07, 6.45) is 4.24. The molecule has 1 heterocycles. The second-order valence-electron chi connectivity index (χ2n) is 2.06. The van der Waals surface area contributed by atoms with E-state index in [0.29, 0.717) is 10.5 Å². The van der Waals surface area contributed by atoms with E-state index in [4.69, 9.17) is 18.0 Å². The lowest BCUT2D eigenvalue weighted by Crippen LogP contribution is -2.05. The number of hydrogen-bond acceptors (Lipinski definition) is 3. The van der Waals surface area contributed by atoms with Crippen LogP contribution >= 0.6 is 12.2 Å². The Morgan fingerprint density at radius 1 is 1.75 bits per heavy atom. The average Bonchev–Trinajstić information content (AvgIpc) is 2.01. The van der Waals surface area contributed by atoms with Gasteiger partial charge in [-0.05, 0) is 12.1 Å². The van der Waals surface area contributed by atoms with Crippen LogP contribution in [0.1, 0.15) is 5.82 Å². The Balaban J connectivity index is 2.90. The van der Waals surface area contributed by atoms with Crippen molar-refractivity contribution in [2.24, 2.45) is 5.73 Å². The van der Waals surface area contributed by atoms with Gasteiger partial charge in [0.05, 0.1) is 0 Å². The van der Waals surface area contributed by atoms with Crippen molar-refractivity contribution < 1.29 is 4.79 Å². The minimum Gasteiger partial charge on any atom is -0.366 e. The van der Waals surface area contributed by atoms with Crippen molar-refractivity contribution in [1.29, 1.82) is 0 Å². The van der Waals surface area contributed by atoms with Gasteiger partial charge in [0.2, 0.25) is 5.91 Å². The zero-order chi connectivity index (χ0) is 8.97. The quantitative estimate of drug-likeness (QED) is 0.519. The number of H-pyrrole nitrogens is 1. The van der Waals surface area contributed by atoms with Crippen LogP contribution in [0.4, 0.5) is 0 Å². The number of nitrogens with one attached hydrogen (secondary N) is 1. The Bertz CT molecular complexity index is 369. The number of amides is 1. The van der Waals surface area contributed by atoms with Crippen molar-refractivity contribution in [1.82, 2.24) is 9.97 Å². The number of nitrogens with two attached hydrogens (primary N) is 1. The fourth-order valence-corrected chi connectivity index (χ4v) is 0.797. The minimum absolute atomic E-state index is 0.514. The molecule has 0 unspecified atom stereocenters. The minimum atomic E-state index is -0.514. The molecular formula is C7H7N3OS. The van der Waals surface area contributed by atoms with Gasteiger partial charge in [-0.25, -0.2) is 4.98 Å². The molecule has 0 aliphatic carbocycles. The SMILES string of the molecule is NC(=O)/C=C/c1nccc(=S)[nH]1. The standard InChI is InChI=1S/C7H7N3OS/c8-5(11)1-2-6-9-4-3-7(12)10-6/h1-4H,(H2,8,11)(H,9,10,12)/b2-1+. The molecule has 1 aromatic heterocycles. The Morgan fingerprint density at radius 2 is 2.50 bits per heavy atom. The first-order valence-electron chi connectivity index (χ1n) is 3.21. The van der Waals surface area contributed by atoms with Crippen LogP contribution in [0.15, 0.2) is 18.3 Å². The number of rotatable bonds is 2. The normalized spacial score (nSPS) is 10.3. The third-order valence-corrected chi connectivity index (χ3v) is 1.33. The molecule has 0 fully saturated rings. The molecule has 0 aliphatic rings. The molecule has 0 aromatic carbocycles. The van der Waals surface area contributed by atoms with Gasteiger partial charge in [-0.3, -0.25) is 4.79 Å². The van der Waals surface area contributed by atoms with Crippen molar-refractivity contribution in [3.8, 4) is 0 Å². The molecule has 62 valence electrons. The molecule has 0 radical (unpaired) electrons. The molecule has 0 saturated heterocycles. The molecule has 12 heavy (non-hydrogen) atoms. The van der Waals surface area contributed by atoms with E-state index in [-0.39, 0.29) is 0 Å². The second-order valence-corrected chi connectivity index (χ2v) is 2.49. The zero-order valence-corrected chi connectivity index (χ0v) is 6.97. The molecule has 1 amide bonds. The highest BCUT2D eigenvalue weighted by Gasteiger charge is 1.87. The molecule has 0 aliphatic heterocycles. The zero-order valence-electron chi connectivity index (χ0n) is 6.15. The summed E-state index contributed by atoms with van der Waals surface area (Å²) in [5.41, 5.74) is 4.88. The summed E-state index contributed by atoms with van der Waals surface area (Å²) in [6.45, 7) is 0. The first kappa shape index (κ1) is 8.61. The molecule has 4 nitrogen and oxygen atoms in total. The number of nitrogens with zero attached hydrogens (tertiary/aromatic N) is 1. The molecular weight excluding hydrogens is 174 g/mol. The van der Waals surface area contributed by atoms with E-state index in [1.165, 1.54) is 12.2 Å². The number of hydrogen-bond donors (Lipinski definition) is 2. The van der Waals surface area contributed by atoms with E-state index in [2.05, 4.69) is 9.97 Å². The molecule has 1 aromatic rings. The summed E-state index contributed by atoms with van der Waals surface area (Å²) in [7, 11) is 0. The first-order valence-corrected chi connectivity index (χ1v) is 3.62. The van der Waals surface area contributed by atoms with E-state index in [1.807, 2.05) is 0 Å². The monoisotopic (exact) mass is 181 g/mol. The van der Waals surface area contributed by atoms with Crippen LogP contribution in [0.2, 0.25) is 0 Å². The summed E-state index contributed by atoms with van der Waals surface area (Å²) >= 11 is 4.83. The molecule has 0 atom stereocenters. The van der Waals surface area contributed by atoms with Crippen molar-refractivity contribution in [2.75, 3.05) is 0 Å². The number of aromatic nitrogens is 2. The van der Waals surface area contributed by atoms with Gasteiger partial charge in [-0.2, -0.15) is 0 Å². The number of aromatic amines is 1. The Hall–Kier alpha value is -1.49. The van der Waals surface area contributed by atoms with Crippen molar-refractivity contribution >= 4 is 24.2 Å². The third kappa shape index (κ3) is 2.63. The highest BCUT2D eigenvalue weighted by Crippen LogP contribution is 1.92. The summed E-state index contributed by atoms with van der Waals surface area (Å²) in [5, 5.41) is 0. The van der Waals surface area contributed by atoms with E-state index in [1.54, 1.807) is 12.3 Å². The van der Waals surface area contributed by atoms with Crippen molar-refractivity contribution in [3.63, 3.8) is 0 Å². The lowest BCUT2D eigenvalue weighted by Gasteiger charge is -1.90. The van der Waals surface area contributed by atoms with Crippen molar-refractivity contribution in [3.05, 3.63) is 28.8 Å². The molecule has 3 N–H and O–H groups in total. The number of primary amides is 1. The smallest absolute Gasteiger partial charge is 0.241 e. The number of carbonyl (C=O) groups excluding carboxylic acids is 1. The Morgan fingerprint density at radius 3 is 3.08 bits per heavy atom. The lowest BCUT2D eigenvalue weighted by molar-refractivity contribution is -0.113. The molecule has 0 spiro atoms. The van der Waals surface area contributed by atoms with E-state index >= 15 is 0 Å². The maximum Gasteiger partial charge on any atom is 0.241 e. The lowest BCUT2D eigenvalue weighted by atomic mass is 10.4. The summed E-state index contributed by atoms with van der Waals surface area (Å²) in [5.74, 6) is 0.00118. The topological polar surface area (TPSA) is 71.8 Å². The maximum atomic E-state index is 10.3. The van der Waals surface area contributed by atoms with Gasteiger partial charge in [0.25, 0.3) is 0 Å². The first-order chi connectivity index (χ1) is 5.68. The average molecular weight is 181 g/mol. The highest BCUT2D eigenvalue weighted by molar-refractivity contribution is 7.71. The van der Waals surface area contributed by atoms with E-state index in [0.717, 1.165) is 0 Å². The molecule has 1 rings (SSSR count). The Labute approximate surface area is 74.1 Å². The number of carbonyl (C=O) groups is 1. The van der Waals surface area contributed by atoms with Gasteiger partial charge in [-0.15, -0.1) is 0 Å². The Kier molecular flexibility index (Phi) is 2.71. The van der Waals surface area contributed by atoms with Gasteiger partial charge in [0, 0.05) is 12.3 Å². The fourth-order valence-electron chi connectivity index (χ4n) is 0.631. The van der Waals surface area contributed by atoms with Gasteiger partial charge in [-0.1, -0.05) is 12.2 Å². The van der Waals surface area contributed by atoms with Gasteiger partial charge in [0.1, 0.15) is 10.5 Å². The van der Waals surface area contributed by atoms with Gasteiger partial charge < -0.3 is 10.7 Å². The van der Waals surface area contributed by atoms with Crippen LogP contribution < -0.4 is 5.73 Å². The highest BCUT2D eigenvalue weighted by atomic mass is 32.1. The van der Waals surface area contributed by atoms with Crippen LogP contribution in [-0.2, 0) is 4.79 Å². The van der Waals surface area contributed by atoms with Crippen LogP contribution in [0.5, 0.6) is 0 Å². The van der Waals surface area contributed by atoms with Crippen LogP contribution in [0.3, 0.4) is 0 Å². The third-order valence-electron chi connectivity index (χ3n) is 1.10. The summed E-state index contributed by atoms with van der Waals surface area (Å²) in [4.78, 5) is 17.0. The van der Waals surface area contributed by atoms with Crippen LogP contribution in [0.25, 0.3) is 6.08 Å². The molecule has 5 heteroatoms. The fraction of sp³-hybridized carbons (Fsp3) is 0. The van der Waals surface area contributed by atoms with E-state index in [9.17, 15) is 4.79 Å². The summed E-state index contributed by atoms with van der Waals surface area (Å²) in [6, 6.07) is 1.65. The maximum absolute atomic E-state index is 10.3. The molecule has 0 bridgehead atoms. The van der Waals surface area contributed by atoms with Crippen LogP contribution in [0, 0.1) is 4.64 Å². The second kappa shape index (κ2) is 3.77. The van der Waals surface area contributed by atoms with Crippen LogP contribution in [-0.4, -0.2) is 15.9 Å². The predicted molar refractivity (Wildman–Crippen MR) is 47.7 cm³/mol. The van der Waals surface area contributed by atoms with E-state index < -0.39 is 5.91 Å². The van der Waals surface area contributed by atoms with Gasteiger partial charge in [0.15, 0.2) is 0 Å².